The monoisotopic (exact) mass is 243 g/mol. The molecule has 0 bridgehead atoms. The molecular weight excluding hydrogens is 238 g/mol. The summed E-state index contributed by atoms with van der Waals surface area (Å²) in [6.45, 7) is 0.365. The number of fused-ring (bicyclic) bond motifs is 1. The summed E-state index contributed by atoms with van der Waals surface area (Å²) < 4.78 is 13.4. The Hall–Kier alpha value is -0.470. The topological polar surface area (TPSA) is 20.3 Å². The largest absolute Gasteiger partial charge is 0.236 e. The zero-order valence-electron chi connectivity index (χ0n) is 7.07. The van der Waals surface area contributed by atoms with Crippen molar-refractivity contribution >= 4 is 34.5 Å². The summed E-state index contributed by atoms with van der Waals surface area (Å²) in [6.07, 6.45) is 5.17. The van der Waals surface area contributed by atoms with E-state index in [0.717, 1.165) is 9.79 Å². The molecule has 2 nitrogen and oxygen atoms in total. The van der Waals surface area contributed by atoms with Crippen molar-refractivity contribution in [1.82, 2.24) is 3.71 Å². The van der Waals surface area contributed by atoms with Crippen LogP contribution in [0.15, 0.2) is 28.0 Å². The maximum Gasteiger partial charge on any atom is 0.140 e. The van der Waals surface area contributed by atoms with Gasteiger partial charge in [0.15, 0.2) is 0 Å². The van der Waals surface area contributed by atoms with Crippen molar-refractivity contribution in [3.05, 3.63) is 23.2 Å². The second kappa shape index (κ2) is 3.95. The fourth-order valence-electron chi connectivity index (χ4n) is 1.12. The lowest BCUT2D eigenvalue weighted by Gasteiger charge is -2.05. The first-order valence-electron chi connectivity index (χ1n) is 3.83. The number of hydrogen-bond donors (Lipinski definition) is 0. The van der Waals surface area contributed by atoms with Crippen LogP contribution < -0.4 is 0 Å². The molecule has 1 unspecified atom stereocenters. The highest BCUT2D eigenvalue weighted by Crippen LogP contribution is 2.39. The highest BCUT2D eigenvalue weighted by molar-refractivity contribution is 8.09. The van der Waals surface area contributed by atoms with E-state index in [1.54, 1.807) is 21.9 Å². The summed E-state index contributed by atoms with van der Waals surface area (Å²) in [5.41, 5.74) is 0. The Kier molecular flexibility index (Phi) is 2.84. The number of hydrogen-bond acceptors (Lipinski definition) is 2. The lowest BCUT2D eigenvalue weighted by atomic mass is 10.4. The van der Waals surface area contributed by atoms with Gasteiger partial charge in [-0.15, -0.1) is 10.1 Å². The number of nitrogens with zero attached hydrogens (tertiary/aromatic N) is 1. The van der Waals surface area contributed by atoms with Crippen LogP contribution in [0.3, 0.4) is 0 Å². The lowest BCUT2D eigenvalue weighted by molar-refractivity contribution is 0.654. The van der Waals surface area contributed by atoms with E-state index < -0.39 is 11.0 Å². The van der Waals surface area contributed by atoms with Crippen molar-refractivity contribution in [1.29, 1.82) is 0 Å². The minimum absolute atomic E-state index is 0.365. The van der Waals surface area contributed by atoms with Gasteiger partial charge in [0.05, 0.1) is 11.4 Å². The Morgan fingerprint density at radius 3 is 3.14 bits per heavy atom. The predicted octanol–water partition coefficient (Wildman–Crippen LogP) is 2.32. The minimum Gasteiger partial charge on any atom is -0.236 e. The summed E-state index contributed by atoms with van der Waals surface area (Å²) in [5.74, 6) is 2.47. The van der Waals surface area contributed by atoms with Crippen molar-refractivity contribution in [2.45, 2.75) is 9.79 Å². The van der Waals surface area contributed by atoms with Crippen molar-refractivity contribution < 1.29 is 4.21 Å². The van der Waals surface area contributed by atoms with Crippen LogP contribution in [0.5, 0.6) is 0 Å². The van der Waals surface area contributed by atoms with Crippen molar-refractivity contribution in [3.8, 4) is 12.3 Å². The average molecular weight is 244 g/mol. The number of benzene rings is 1. The molecule has 0 radical (unpaired) electrons. The summed E-state index contributed by atoms with van der Waals surface area (Å²) in [5, 5.41) is 0.649. The molecule has 0 amide bonds. The third kappa shape index (κ3) is 1.69. The molecule has 1 aliphatic heterocycles. The third-order valence-electron chi connectivity index (χ3n) is 1.70. The predicted molar refractivity (Wildman–Crippen MR) is 59.3 cm³/mol. The second-order valence-corrected chi connectivity index (χ2v) is 5.74. The molecule has 0 aromatic heterocycles. The van der Waals surface area contributed by atoms with E-state index in [-0.39, 0.29) is 0 Å². The molecule has 0 saturated carbocycles. The van der Waals surface area contributed by atoms with Gasteiger partial charge in [-0.1, -0.05) is 17.5 Å². The first kappa shape index (κ1) is 10.1. The molecule has 1 aromatic rings. The standard InChI is InChI=1S/C9H6ClNOS2/c1-2-5-11-13-8-6-7(10)3-4-9(8)14(11)12/h1,3-4,6H,5H2. The molecule has 0 fully saturated rings. The Labute approximate surface area is 94.4 Å². The molecule has 0 spiro atoms. The van der Waals surface area contributed by atoms with Gasteiger partial charge in [-0.2, -0.15) is 0 Å². The molecule has 1 aliphatic rings. The summed E-state index contributed by atoms with van der Waals surface area (Å²) in [7, 11) is -1.15. The number of rotatable bonds is 1. The smallest absolute Gasteiger partial charge is 0.140 e. The number of terminal acetylenes is 1. The van der Waals surface area contributed by atoms with E-state index in [9.17, 15) is 4.21 Å². The van der Waals surface area contributed by atoms with E-state index in [1.807, 2.05) is 0 Å². The second-order valence-electron chi connectivity index (χ2n) is 2.63. The average Bonchev–Trinajstić information content (AvgIpc) is 2.44. The van der Waals surface area contributed by atoms with Gasteiger partial charge >= 0.3 is 0 Å². The van der Waals surface area contributed by atoms with Gasteiger partial charge in [0.25, 0.3) is 0 Å². The molecular formula is C9H6ClNOS2. The molecule has 1 atom stereocenters. The molecule has 2 rings (SSSR count). The van der Waals surface area contributed by atoms with Crippen LogP contribution in [-0.4, -0.2) is 14.5 Å². The first-order valence-corrected chi connectivity index (χ1v) is 6.08. The molecule has 1 heterocycles. The maximum atomic E-state index is 11.8. The van der Waals surface area contributed by atoms with Crippen LogP contribution in [0, 0.1) is 12.3 Å². The molecule has 72 valence electrons. The zero-order chi connectivity index (χ0) is 10.1. The SMILES string of the molecule is C#CCN1Sc2cc(Cl)ccc2S1=O. The molecule has 0 aliphatic carbocycles. The summed E-state index contributed by atoms with van der Waals surface area (Å²) in [6, 6.07) is 5.31. The van der Waals surface area contributed by atoms with Crippen molar-refractivity contribution in [2.24, 2.45) is 0 Å². The van der Waals surface area contributed by atoms with Crippen LogP contribution in [0.2, 0.25) is 5.02 Å². The minimum atomic E-state index is -1.15. The Bertz CT molecular complexity index is 441. The van der Waals surface area contributed by atoms with Gasteiger partial charge in [-0.25, -0.2) is 4.21 Å². The van der Waals surface area contributed by atoms with Crippen LogP contribution in [0.4, 0.5) is 0 Å². The molecule has 0 N–H and O–H groups in total. The van der Waals surface area contributed by atoms with Crippen LogP contribution >= 0.6 is 23.5 Å². The van der Waals surface area contributed by atoms with Crippen LogP contribution in [0.1, 0.15) is 0 Å². The third-order valence-corrected chi connectivity index (χ3v) is 4.79. The molecule has 5 heteroatoms. The highest BCUT2D eigenvalue weighted by Gasteiger charge is 2.27. The van der Waals surface area contributed by atoms with Gasteiger partial charge in [-0.3, -0.25) is 0 Å². The maximum absolute atomic E-state index is 11.8. The lowest BCUT2D eigenvalue weighted by Crippen LogP contribution is -2.13. The fraction of sp³-hybridized carbons (Fsp3) is 0.111. The normalized spacial score (nSPS) is 20.4. The van der Waals surface area contributed by atoms with Gasteiger partial charge in [0, 0.05) is 9.92 Å². The van der Waals surface area contributed by atoms with Crippen LogP contribution in [-0.2, 0) is 11.0 Å². The summed E-state index contributed by atoms with van der Waals surface area (Å²) in [4.78, 5) is 1.71. The van der Waals surface area contributed by atoms with Gasteiger partial charge < -0.3 is 0 Å². The van der Waals surface area contributed by atoms with Gasteiger partial charge in [0.1, 0.15) is 11.0 Å². The Balaban J connectivity index is 2.37. The quantitative estimate of drug-likeness (QED) is 0.557. The van der Waals surface area contributed by atoms with Gasteiger partial charge in [0.2, 0.25) is 0 Å². The molecule has 14 heavy (non-hydrogen) atoms. The zero-order valence-corrected chi connectivity index (χ0v) is 9.46. The van der Waals surface area contributed by atoms with Crippen molar-refractivity contribution in [2.75, 3.05) is 6.54 Å². The number of halogens is 1. The fourth-order valence-corrected chi connectivity index (χ4v) is 3.95. The first-order chi connectivity index (χ1) is 6.72. The highest BCUT2D eigenvalue weighted by atomic mass is 35.5. The van der Waals surface area contributed by atoms with E-state index in [1.165, 1.54) is 11.9 Å². The van der Waals surface area contributed by atoms with Gasteiger partial charge in [-0.05, 0) is 30.1 Å². The molecule has 0 saturated heterocycles. The summed E-state index contributed by atoms with van der Waals surface area (Å²) >= 11 is 7.21. The van der Waals surface area contributed by atoms with E-state index >= 15 is 0 Å². The Morgan fingerprint density at radius 1 is 1.64 bits per heavy atom. The van der Waals surface area contributed by atoms with Crippen molar-refractivity contribution in [3.63, 3.8) is 0 Å². The van der Waals surface area contributed by atoms with E-state index in [0.29, 0.717) is 11.6 Å². The van der Waals surface area contributed by atoms with E-state index in [2.05, 4.69) is 5.92 Å². The Morgan fingerprint density at radius 2 is 2.43 bits per heavy atom. The van der Waals surface area contributed by atoms with E-state index in [4.69, 9.17) is 18.0 Å². The molecule has 1 aromatic carbocycles. The van der Waals surface area contributed by atoms with Crippen LogP contribution in [0.25, 0.3) is 0 Å².